The number of benzene rings is 1. The summed E-state index contributed by atoms with van der Waals surface area (Å²) < 4.78 is 1.08. The number of hydrogen-bond acceptors (Lipinski definition) is 3. The second-order valence-electron chi connectivity index (χ2n) is 6.68. The first kappa shape index (κ1) is 16.5. The molecular weight excluding hydrogens is 304 g/mol. The lowest BCUT2D eigenvalue weighted by molar-refractivity contribution is 0.187. The highest BCUT2D eigenvalue weighted by atomic mass is 79.9. The van der Waals surface area contributed by atoms with E-state index >= 15 is 0 Å². The predicted octanol–water partition coefficient (Wildman–Crippen LogP) is 3.19. The van der Waals surface area contributed by atoms with Gasteiger partial charge in [-0.25, -0.2) is 0 Å². The van der Waals surface area contributed by atoms with Crippen molar-refractivity contribution in [1.82, 2.24) is 5.32 Å². The normalized spacial score (nSPS) is 12.8. The first-order valence-corrected chi connectivity index (χ1v) is 7.30. The molecule has 0 bridgehead atoms. The molecule has 0 amide bonds. The van der Waals surface area contributed by atoms with Crippen LogP contribution in [0.3, 0.4) is 0 Å². The lowest BCUT2D eigenvalue weighted by Gasteiger charge is -2.26. The SMILES string of the molecule is CC(C)(CO)NCc1cc(Br)c(C(C)(C)C)cc1N. The Bertz CT molecular complexity index is 450. The molecule has 0 heterocycles. The first-order chi connectivity index (χ1) is 8.57. The molecule has 0 atom stereocenters. The fraction of sp³-hybridized carbons (Fsp3) is 0.600. The van der Waals surface area contributed by atoms with E-state index in [0.717, 1.165) is 15.7 Å². The lowest BCUT2D eigenvalue weighted by atomic mass is 9.86. The van der Waals surface area contributed by atoms with E-state index in [1.807, 2.05) is 19.9 Å². The molecule has 0 aliphatic rings. The molecule has 0 aliphatic carbocycles. The van der Waals surface area contributed by atoms with E-state index < -0.39 is 0 Å². The molecule has 0 saturated heterocycles. The number of halogens is 1. The van der Waals surface area contributed by atoms with Crippen molar-refractivity contribution < 1.29 is 5.11 Å². The topological polar surface area (TPSA) is 58.3 Å². The van der Waals surface area contributed by atoms with E-state index in [9.17, 15) is 5.11 Å². The van der Waals surface area contributed by atoms with Crippen molar-refractivity contribution in [1.29, 1.82) is 0 Å². The predicted molar refractivity (Wildman–Crippen MR) is 85.3 cm³/mol. The number of aliphatic hydroxyl groups excluding tert-OH is 1. The molecule has 0 spiro atoms. The highest BCUT2D eigenvalue weighted by Crippen LogP contribution is 2.33. The maximum Gasteiger partial charge on any atom is 0.0607 e. The van der Waals surface area contributed by atoms with Gasteiger partial charge in [-0.05, 0) is 42.5 Å². The van der Waals surface area contributed by atoms with E-state index in [0.29, 0.717) is 6.54 Å². The minimum absolute atomic E-state index is 0.0588. The van der Waals surface area contributed by atoms with E-state index in [2.05, 4.69) is 48.1 Å². The third-order valence-corrected chi connectivity index (χ3v) is 3.85. The Kier molecular flexibility index (Phi) is 5.04. The van der Waals surface area contributed by atoms with E-state index in [4.69, 9.17) is 5.73 Å². The molecular formula is C15H25BrN2O. The van der Waals surface area contributed by atoms with Gasteiger partial charge in [0.1, 0.15) is 0 Å². The second-order valence-corrected chi connectivity index (χ2v) is 7.53. The van der Waals surface area contributed by atoms with Crippen LogP contribution in [0.1, 0.15) is 45.7 Å². The van der Waals surface area contributed by atoms with E-state index in [-0.39, 0.29) is 17.6 Å². The van der Waals surface area contributed by atoms with Crippen molar-refractivity contribution in [3.8, 4) is 0 Å². The third kappa shape index (κ3) is 4.48. The van der Waals surface area contributed by atoms with Gasteiger partial charge in [0.2, 0.25) is 0 Å². The summed E-state index contributed by atoms with van der Waals surface area (Å²) in [5.74, 6) is 0. The first-order valence-electron chi connectivity index (χ1n) is 6.51. The number of nitrogens with two attached hydrogens (primary N) is 1. The average Bonchev–Trinajstić information content (AvgIpc) is 2.28. The smallest absolute Gasteiger partial charge is 0.0607 e. The summed E-state index contributed by atoms with van der Waals surface area (Å²) in [5, 5.41) is 12.5. The van der Waals surface area contributed by atoms with E-state index in [1.165, 1.54) is 5.56 Å². The van der Waals surface area contributed by atoms with Gasteiger partial charge < -0.3 is 16.2 Å². The molecule has 108 valence electrons. The average molecular weight is 329 g/mol. The van der Waals surface area contributed by atoms with Crippen molar-refractivity contribution in [3.63, 3.8) is 0 Å². The Balaban J connectivity index is 2.97. The standard InChI is InChI=1S/C15H25BrN2O/c1-14(2,3)11-7-13(17)10(6-12(11)16)8-18-15(4,5)9-19/h6-7,18-19H,8-9,17H2,1-5H3. The van der Waals surface area contributed by atoms with Crippen molar-refractivity contribution in [2.45, 2.75) is 52.1 Å². The summed E-state index contributed by atoms with van der Waals surface area (Å²) >= 11 is 3.62. The zero-order chi connectivity index (χ0) is 14.8. The quantitative estimate of drug-likeness (QED) is 0.744. The van der Waals surface area contributed by atoms with Crippen LogP contribution < -0.4 is 11.1 Å². The fourth-order valence-corrected chi connectivity index (χ4v) is 2.73. The molecule has 0 radical (unpaired) electrons. The van der Waals surface area contributed by atoms with Crippen molar-refractivity contribution >= 4 is 21.6 Å². The van der Waals surface area contributed by atoms with Crippen LogP contribution >= 0.6 is 15.9 Å². The molecule has 1 aromatic rings. The Morgan fingerprint density at radius 1 is 1.21 bits per heavy atom. The fourth-order valence-electron chi connectivity index (χ4n) is 1.75. The third-order valence-electron chi connectivity index (χ3n) is 3.19. The zero-order valence-corrected chi connectivity index (χ0v) is 14.1. The van der Waals surface area contributed by atoms with Gasteiger partial charge in [0.25, 0.3) is 0 Å². The molecule has 1 rings (SSSR count). The largest absolute Gasteiger partial charge is 0.398 e. The van der Waals surface area contributed by atoms with Crippen LogP contribution in [-0.4, -0.2) is 17.3 Å². The van der Waals surface area contributed by atoms with Crippen LogP contribution in [0, 0.1) is 0 Å². The highest BCUT2D eigenvalue weighted by molar-refractivity contribution is 9.10. The Morgan fingerprint density at radius 3 is 2.26 bits per heavy atom. The Morgan fingerprint density at radius 2 is 1.79 bits per heavy atom. The number of anilines is 1. The molecule has 0 unspecified atom stereocenters. The van der Waals surface area contributed by atoms with Crippen LogP contribution in [-0.2, 0) is 12.0 Å². The van der Waals surface area contributed by atoms with Crippen LogP contribution in [0.25, 0.3) is 0 Å². The van der Waals surface area contributed by atoms with Gasteiger partial charge in [-0.1, -0.05) is 36.7 Å². The van der Waals surface area contributed by atoms with Crippen LogP contribution in [0.5, 0.6) is 0 Å². The molecule has 0 aliphatic heterocycles. The minimum atomic E-state index is -0.304. The Labute approximate surface area is 124 Å². The number of aliphatic hydroxyl groups is 1. The van der Waals surface area contributed by atoms with Gasteiger partial charge in [0, 0.05) is 22.2 Å². The number of nitrogens with one attached hydrogen (secondary N) is 1. The van der Waals surface area contributed by atoms with Crippen molar-refractivity contribution in [3.05, 3.63) is 27.7 Å². The minimum Gasteiger partial charge on any atom is -0.398 e. The van der Waals surface area contributed by atoms with Gasteiger partial charge in [0.15, 0.2) is 0 Å². The van der Waals surface area contributed by atoms with Crippen LogP contribution in [0.4, 0.5) is 5.69 Å². The number of hydrogen-bond donors (Lipinski definition) is 3. The molecule has 3 nitrogen and oxygen atoms in total. The number of nitrogen functional groups attached to an aromatic ring is 1. The molecule has 0 fully saturated rings. The summed E-state index contributed by atoms with van der Waals surface area (Å²) in [6, 6.07) is 4.10. The Hall–Kier alpha value is -0.580. The number of rotatable bonds is 4. The molecule has 0 saturated carbocycles. The van der Waals surface area contributed by atoms with Gasteiger partial charge in [0.05, 0.1) is 6.61 Å². The maximum atomic E-state index is 9.24. The zero-order valence-electron chi connectivity index (χ0n) is 12.5. The highest BCUT2D eigenvalue weighted by Gasteiger charge is 2.20. The summed E-state index contributed by atoms with van der Waals surface area (Å²) in [6.45, 7) is 11.2. The van der Waals surface area contributed by atoms with Crippen molar-refractivity contribution in [2.75, 3.05) is 12.3 Å². The monoisotopic (exact) mass is 328 g/mol. The van der Waals surface area contributed by atoms with Gasteiger partial charge >= 0.3 is 0 Å². The van der Waals surface area contributed by atoms with Gasteiger partial charge in [-0.3, -0.25) is 0 Å². The lowest BCUT2D eigenvalue weighted by Crippen LogP contribution is -2.42. The molecule has 4 heteroatoms. The van der Waals surface area contributed by atoms with Gasteiger partial charge in [-0.2, -0.15) is 0 Å². The molecule has 19 heavy (non-hydrogen) atoms. The summed E-state index contributed by atoms with van der Waals surface area (Å²) in [5.41, 5.74) is 8.92. The van der Waals surface area contributed by atoms with E-state index in [1.54, 1.807) is 0 Å². The van der Waals surface area contributed by atoms with Gasteiger partial charge in [-0.15, -0.1) is 0 Å². The second kappa shape index (κ2) is 5.81. The summed E-state index contributed by atoms with van der Waals surface area (Å²) in [6.07, 6.45) is 0. The molecule has 1 aromatic carbocycles. The summed E-state index contributed by atoms with van der Waals surface area (Å²) in [4.78, 5) is 0. The van der Waals surface area contributed by atoms with Crippen molar-refractivity contribution in [2.24, 2.45) is 0 Å². The maximum absolute atomic E-state index is 9.24. The molecule has 4 N–H and O–H groups in total. The van der Waals surface area contributed by atoms with Crippen LogP contribution in [0.15, 0.2) is 16.6 Å². The summed E-state index contributed by atoms with van der Waals surface area (Å²) in [7, 11) is 0. The van der Waals surface area contributed by atoms with Crippen LogP contribution in [0.2, 0.25) is 0 Å². The molecule has 0 aromatic heterocycles.